The molecule has 4 N–H and O–H groups in total. The van der Waals surface area contributed by atoms with Crippen LogP contribution in [0, 0.1) is 5.92 Å². The first-order chi connectivity index (χ1) is 9.20. The molecule has 0 radical (unpaired) electrons. The van der Waals surface area contributed by atoms with Crippen LogP contribution < -0.4 is 16.4 Å². The fourth-order valence-electron chi connectivity index (χ4n) is 2.93. The van der Waals surface area contributed by atoms with Crippen LogP contribution in [-0.2, 0) is 17.6 Å². The Kier molecular flexibility index (Phi) is 3.53. The fourth-order valence-corrected chi connectivity index (χ4v) is 2.93. The second-order valence-electron chi connectivity index (χ2n) is 5.77. The summed E-state index contributed by atoms with van der Waals surface area (Å²) in [5.41, 5.74) is 9.17. The van der Waals surface area contributed by atoms with Gasteiger partial charge in [0.15, 0.2) is 0 Å². The summed E-state index contributed by atoms with van der Waals surface area (Å²) >= 11 is 0. The number of hydrogen-bond acceptors (Lipinski definition) is 3. The van der Waals surface area contributed by atoms with Crippen molar-refractivity contribution in [3.63, 3.8) is 0 Å². The Morgan fingerprint density at radius 3 is 3.00 bits per heavy atom. The van der Waals surface area contributed by atoms with Crippen molar-refractivity contribution in [1.29, 1.82) is 0 Å². The van der Waals surface area contributed by atoms with Crippen LogP contribution in [0.2, 0.25) is 0 Å². The molecule has 19 heavy (non-hydrogen) atoms. The minimum atomic E-state index is 0.103. The standard InChI is InChI=1S/C15H21N3O/c16-13-6-11(7-13)9-17-4-3-10-1-2-14-12(5-10)8-15(19)18-14/h1-2,5,11,13,17H,3-4,6-9,16H2,(H,18,19). The first-order valence-corrected chi connectivity index (χ1v) is 7.08. The molecule has 1 heterocycles. The topological polar surface area (TPSA) is 67.1 Å². The van der Waals surface area contributed by atoms with Gasteiger partial charge < -0.3 is 16.4 Å². The van der Waals surface area contributed by atoms with Crippen molar-refractivity contribution in [1.82, 2.24) is 5.32 Å². The summed E-state index contributed by atoms with van der Waals surface area (Å²) in [6.07, 6.45) is 3.87. The summed E-state index contributed by atoms with van der Waals surface area (Å²) in [7, 11) is 0. The molecule has 0 atom stereocenters. The highest BCUT2D eigenvalue weighted by atomic mass is 16.1. The molecule has 0 aromatic heterocycles. The van der Waals surface area contributed by atoms with Gasteiger partial charge in [0, 0.05) is 11.7 Å². The molecule has 1 aliphatic carbocycles. The maximum absolute atomic E-state index is 11.3. The molecule has 1 saturated carbocycles. The molecule has 1 amide bonds. The van der Waals surface area contributed by atoms with Crippen LogP contribution in [0.25, 0.3) is 0 Å². The molecule has 0 saturated heterocycles. The van der Waals surface area contributed by atoms with Crippen LogP contribution in [0.5, 0.6) is 0 Å². The third kappa shape index (κ3) is 2.96. The molecule has 0 unspecified atom stereocenters. The lowest BCUT2D eigenvalue weighted by atomic mass is 9.81. The Hall–Kier alpha value is -1.39. The molecule has 1 aromatic carbocycles. The van der Waals surface area contributed by atoms with Crippen LogP contribution in [-0.4, -0.2) is 25.0 Å². The van der Waals surface area contributed by atoms with Crippen molar-refractivity contribution < 1.29 is 4.79 Å². The van der Waals surface area contributed by atoms with E-state index in [0.29, 0.717) is 12.5 Å². The van der Waals surface area contributed by atoms with E-state index in [2.05, 4.69) is 22.8 Å². The quantitative estimate of drug-likeness (QED) is 0.692. The molecule has 3 rings (SSSR count). The van der Waals surface area contributed by atoms with E-state index >= 15 is 0 Å². The third-order valence-corrected chi connectivity index (χ3v) is 4.09. The summed E-state index contributed by atoms with van der Waals surface area (Å²) in [6.45, 7) is 2.07. The normalized spacial score (nSPS) is 24.8. The molecule has 1 fully saturated rings. The monoisotopic (exact) mass is 259 g/mol. The summed E-state index contributed by atoms with van der Waals surface area (Å²) < 4.78 is 0. The predicted octanol–water partition coefficient (Wildman–Crippen LogP) is 1.05. The van der Waals surface area contributed by atoms with Crippen molar-refractivity contribution in [2.45, 2.75) is 31.7 Å². The highest BCUT2D eigenvalue weighted by molar-refractivity contribution is 5.99. The predicted molar refractivity (Wildman–Crippen MR) is 76.0 cm³/mol. The van der Waals surface area contributed by atoms with Crippen LogP contribution in [0.4, 0.5) is 5.69 Å². The molecule has 0 spiro atoms. The number of nitrogens with two attached hydrogens (primary N) is 1. The Morgan fingerprint density at radius 2 is 2.21 bits per heavy atom. The van der Waals surface area contributed by atoms with Crippen LogP contribution in [0.15, 0.2) is 18.2 Å². The maximum Gasteiger partial charge on any atom is 0.228 e. The van der Waals surface area contributed by atoms with Gasteiger partial charge in [-0.15, -0.1) is 0 Å². The van der Waals surface area contributed by atoms with E-state index in [4.69, 9.17) is 5.73 Å². The molecular weight excluding hydrogens is 238 g/mol. The average Bonchev–Trinajstić information content (AvgIpc) is 2.71. The SMILES string of the molecule is NC1CC(CNCCc2ccc3c(c2)CC(=O)N3)C1. The Morgan fingerprint density at radius 1 is 1.37 bits per heavy atom. The van der Waals surface area contributed by atoms with Crippen molar-refractivity contribution in [2.75, 3.05) is 18.4 Å². The zero-order valence-corrected chi connectivity index (χ0v) is 11.1. The van der Waals surface area contributed by atoms with Crippen LogP contribution in [0.1, 0.15) is 24.0 Å². The number of carbonyl (C=O) groups excluding carboxylic acids is 1. The second-order valence-corrected chi connectivity index (χ2v) is 5.77. The molecular formula is C15H21N3O. The van der Waals surface area contributed by atoms with E-state index < -0.39 is 0 Å². The van der Waals surface area contributed by atoms with Gasteiger partial charge in [-0.1, -0.05) is 12.1 Å². The molecule has 4 heteroatoms. The number of anilines is 1. The molecule has 4 nitrogen and oxygen atoms in total. The summed E-state index contributed by atoms with van der Waals surface area (Å²) in [6, 6.07) is 6.70. The van der Waals surface area contributed by atoms with Gasteiger partial charge in [-0.05, 0) is 55.5 Å². The van der Waals surface area contributed by atoms with Gasteiger partial charge >= 0.3 is 0 Å². The van der Waals surface area contributed by atoms with Crippen LogP contribution in [0.3, 0.4) is 0 Å². The first kappa shape index (κ1) is 12.6. The van der Waals surface area contributed by atoms with E-state index in [1.54, 1.807) is 0 Å². The van der Waals surface area contributed by atoms with Crippen LogP contribution >= 0.6 is 0 Å². The smallest absolute Gasteiger partial charge is 0.228 e. The lowest BCUT2D eigenvalue weighted by Gasteiger charge is -2.32. The lowest BCUT2D eigenvalue weighted by molar-refractivity contribution is -0.115. The first-order valence-electron chi connectivity index (χ1n) is 7.08. The van der Waals surface area contributed by atoms with Gasteiger partial charge in [0.25, 0.3) is 0 Å². The number of rotatable bonds is 5. The third-order valence-electron chi connectivity index (χ3n) is 4.09. The number of hydrogen-bond donors (Lipinski definition) is 3. The van der Waals surface area contributed by atoms with E-state index in [9.17, 15) is 4.79 Å². The van der Waals surface area contributed by atoms with Crippen molar-refractivity contribution in [3.05, 3.63) is 29.3 Å². The summed E-state index contributed by atoms with van der Waals surface area (Å²) in [5, 5.41) is 6.35. The Bertz CT molecular complexity index is 480. The number of benzene rings is 1. The number of amides is 1. The zero-order valence-electron chi connectivity index (χ0n) is 11.1. The van der Waals surface area contributed by atoms with Gasteiger partial charge in [-0.25, -0.2) is 0 Å². The van der Waals surface area contributed by atoms with Crippen molar-refractivity contribution in [3.8, 4) is 0 Å². The molecule has 1 aromatic rings. The second kappa shape index (κ2) is 5.31. The van der Waals surface area contributed by atoms with E-state index in [1.807, 2.05) is 6.07 Å². The molecule has 2 aliphatic rings. The fraction of sp³-hybridized carbons (Fsp3) is 0.533. The van der Waals surface area contributed by atoms with Gasteiger partial charge in [-0.3, -0.25) is 4.79 Å². The van der Waals surface area contributed by atoms with E-state index in [-0.39, 0.29) is 5.91 Å². The number of nitrogens with one attached hydrogen (secondary N) is 2. The summed E-state index contributed by atoms with van der Waals surface area (Å²) in [4.78, 5) is 11.3. The number of carbonyl (C=O) groups is 1. The Balaban J connectivity index is 1.43. The largest absolute Gasteiger partial charge is 0.328 e. The highest BCUT2D eigenvalue weighted by Gasteiger charge is 2.24. The average molecular weight is 259 g/mol. The van der Waals surface area contributed by atoms with Crippen molar-refractivity contribution in [2.24, 2.45) is 11.7 Å². The van der Waals surface area contributed by atoms with Crippen molar-refractivity contribution >= 4 is 11.6 Å². The van der Waals surface area contributed by atoms with Gasteiger partial charge in [0.1, 0.15) is 0 Å². The molecule has 0 bridgehead atoms. The van der Waals surface area contributed by atoms with E-state index in [0.717, 1.165) is 36.7 Å². The van der Waals surface area contributed by atoms with Gasteiger partial charge in [-0.2, -0.15) is 0 Å². The zero-order chi connectivity index (χ0) is 13.2. The van der Waals surface area contributed by atoms with E-state index in [1.165, 1.54) is 18.4 Å². The number of fused-ring (bicyclic) bond motifs is 1. The lowest BCUT2D eigenvalue weighted by Crippen LogP contribution is -2.41. The highest BCUT2D eigenvalue weighted by Crippen LogP contribution is 2.25. The van der Waals surface area contributed by atoms with Gasteiger partial charge in [0.2, 0.25) is 5.91 Å². The summed E-state index contributed by atoms with van der Waals surface area (Å²) in [5.74, 6) is 0.878. The maximum atomic E-state index is 11.3. The minimum absolute atomic E-state index is 0.103. The molecule has 1 aliphatic heterocycles. The Labute approximate surface area is 113 Å². The molecule has 102 valence electrons. The minimum Gasteiger partial charge on any atom is -0.328 e. The van der Waals surface area contributed by atoms with Gasteiger partial charge in [0.05, 0.1) is 6.42 Å².